The van der Waals surface area contributed by atoms with Crippen LogP contribution in [0.3, 0.4) is 0 Å². The van der Waals surface area contributed by atoms with Crippen molar-refractivity contribution in [3.63, 3.8) is 0 Å². The highest BCUT2D eigenvalue weighted by Crippen LogP contribution is 2.28. The van der Waals surface area contributed by atoms with E-state index >= 15 is 0 Å². The number of ether oxygens (including phenoxy) is 2. The molecule has 118 valence electrons. The SMILES string of the molecule is CCOc1cc(CC(C)N)ccc1OCC(=O)NC(C)C. The van der Waals surface area contributed by atoms with Crippen molar-refractivity contribution in [2.45, 2.75) is 46.2 Å². The maximum atomic E-state index is 11.6. The summed E-state index contributed by atoms with van der Waals surface area (Å²) in [5.74, 6) is 1.07. The highest BCUT2D eigenvalue weighted by atomic mass is 16.5. The van der Waals surface area contributed by atoms with Gasteiger partial charge in [0.05, 0.1) is 6.61 Å². The maximum absolute atomic E-state index is 11.6. The van der Waals surface area contributed by atoms with E-state index in [9.17, 15) is 4.79 Å². The van der Waals surface area contributed by atoms with Gasteiger partial charge in [-0.2, -0.15) is 0 Å². The third-order valence-electron chi connectivity index (χ3n) is 2.67. The number of benzene rings is 1. The zero-order valence-corrected chi connectivity index (χ0v) is 13.3. The van der Waals surface area contributed by atoms with Crippen molar-refractivity contribution in [2.24, 2.45) is 5.73 Å². The van der Waals surface area contributed by atoms with Crippen LogP contribution < -0.4 is 20.5 Å². The summed E-state index contributed by atoms with van der Waals surface area (Å²) < 4.78 is 11.1. The molecule has 3 N–H and O–H groups in total. The molecule has 0 aliphatic carbocycles. The summed E-state index contributed by atoms with van der Waals surface area (Å²) in [4.78, 5) is 11.6. The van der Waals surface area contributed by atoms with Crippen LogP contribution in [0.4, 0.5) is 0 Å². The fraction of sp³-hybridized carbons (Fsp3) is 0.562. The van der Waals surface area contributed by atoms with Gasteiger partial charge in [0.15, 0.2) is 18.1 Å². The predicted octanol–water partition coefficient (Wildman–Crippen LogP) is 1.88. The number of carbonyl (C=O) groups is 1. The Morgan fingerprint density at radius 1 is 1.24 bits per heavy atom. The van der Waals surface area contributed by atoms with Crippen LogP contribution in [0, 0.1) is 0 Å². The Kier molecular flexibility index (Phi) is 7.02. The molecular formula is C16H26N2O3. The van der Waals surface area contributed by atoms with E-state index in [2.05, 4.69) is 5.32 Å². The van der Waals surface area contributed by atoms with Crippen LogP contribution in [0.25, 0.3) is 0 Å². The van der Waals surface area contributed by atoms with Crippen molar-refractivity contribution in [2.75, 3.05) is 13.2 Å². The summed E-state index contributed by atoms with van der Waals surface area (Å²) >= 11 is 0. The van der Waals surface area contributed by atoms with Crippen molar-refractivity contribution in [3.05, 3.63) is 23.8 Å². The molecule has 0 bridgehead atoms. The van der Waals surface area contributed by atoms with Crippen LogP contribution in [0.2, 0.25) is 0 Å². The summed E-state index contributed by atoms with van der Waals surface area (Å²) in [5.41, 5.74) is 6.90. The van der Waals surface area contributed by atoms with E-state index in [-0.39, 0.29) is 24.6 Å². The lowest BCUT2D eigenvalue weighted by molar-refractivity contribution is -0.123. The topological polar surface area (TPSA) is 73.6 Å². The number of carbonyl (C=O) groups excluding carboxylic acids is 1. The molecule has 0 aromatic heterocycles. The summed E-state index contributed by atoms with van der Waals surface area (Å²) in [6, 6.07) is 5.87. The van der Waals surface area contributed by atoms with Crippen molar-refractivity contribution in [3.8, 4) is 11.5 Å². The molecule has 0 heterocycles. The van der Waals surface area contributed by atoms with E-state index < -0.39 is 0 Å². The Labute approximate surface area is 126 Å². The maximum Gasteiger partial charge on any atom is 0.258 e. The molecule has 0 spiro atoms. The minimum absolute atomic E-state index is 0.0229. The summed E-state index contributed by atoms with van der Waals surface area (Å²) in [6.45, 7) is 8.20. The molecule has 21 heavy (non-hydrogen) atoms. The van der Waals surface area contributed by atoms with Gasteiger partial charge < -0.3 is 20.5 Å². The van der Waals surface area contributed by atoms with E-state index in [1.807, 2.05) is 45.9 Å². The molecule has 1 aromatic carbocycles. The van der Waals surface area contributed by atoms with Gasteiger partial charge in [-0.3, -0.25) is 4.79 Å². The van der Waals surface area contributed by atoms with Gasteiger partial charge in [0.25, 0.3) is 5.91 Å². The highest BCUT2D eigenvalue weighted by molar-refractivity contribution is 5.77. The Morgan fingerprint density at radius 2 is 1.95 bits per heavy atom. The monoisotopic (exact) mass is 294 g/mol. The first-order chi connectivity index (χ1) is 9.92. The Hall–Kier alpha value is -1.75. The number of hydrogen-bond acceptors (Lipinski definition) is 4. The smallest absolute Gasteiger partial charge is 0.258 e. The minimum atomic E-state index is -0.146. The van der Waals surface area contributed by atoms with Crippen LogP contribution >= 0.6 is 0 Å². The predicted molar refractivity (Wildman–Crippen MR) is 83.7 cm³/mol. The molecule has 1 unspecified atom stereocenters. The van der Waals surface area contributed by atoms with Crippen molar-refractivity contribution in [1.29, 1.82) is 0 Å². The first-order valence-electron chi connectivity index (χ1n) is 7.35. The van der Waals surface area contributed by atoms with Gasteiger partial charge in [0, 0.05) is 12.1 Å². The number of amides is 1. The number of hydrogen-bond donors (Lipinski definition) is 2. The summed E-state index contributed by atoms with van der Waals surface area (Å²) in [7, 11) is 0. The largest absolute Gasteiger partial charge is 0.490 e. The van der Waals surface area contributed by atoms with E-state index in [1.54, 1.807) is 0 Å². The first kappa shape index (κ1) is 17.3. The van der Waals surface area contributed by atoms with Crippen molar-refractivity contribution in [1.82, 2.24) is 5.32 Å². The Bertz CT molecular complexity index is 459. The van der Waals surface area contributed by atoms with Gasteiger partial charge in [0.1, 0.15) is 0 Å². The number of rotatable bonds is 8. The van der Waals surface area contributed by atoms with Gasteiger partial charge in [-0.15, -0.1) is 0 Å². The van der Waals surface area contributed by atoms with Crippen molar-refractivity contribution >= 4 is 5.91 Å². The number of nitrogens with two attached hydrogens (primary N) is 1. The fourth-order valence-corrected chi connectivity index (χ4v) is 1.95. The second-order valence-corrected chi connectivity index (χ2v) is 5.41. The zero-order chi connectivity index (χ0) is 15.8. The van der Waals surface area contributed by atoms with E-state index in [0.717, 1.165) is 12.0 Å². The summed E-state index contributed by atoms with van der Waals surface area (Å²) in [6.07, 6.45) is 0.772. The molecule has 1 atom stereocenters. The molecule has 0 aliphatic heterocycles. The van der Waals surface area contributed by atoms with Crippen LogP contribution in [0.5, 0.6) is 11.5 Å². The molecule has 0 fully saturated rings. The van der Waals surface area contributed by atoms with Crippen LogP contribution in [0.1, 0.15) is 33.3 Å². The highest BCUT2D eigenvalue weighted by Gasteiger charge is 2.10. The van der Waals surface area contributed by atoms with Gasteiger partial charge in [-0.25, -0.2) is 0 Å². The van der Waals surface area contributed by atoms with Gasteiger partial charge >= 0.3 is 0 Å². The lowest BCUT2D eigenvalue weighted by Gasteiger charge is -2.15. The third kappa shape index (κ3) is 6.49. The quantitative estimate of drug-likeness (QED) is 0.768. The zero-order valence-electron chi connectivity index (χ0n) is 13.3. The average Bonchev–Trinajstić information content (AvgIpc) is 2.36. The van der Waals surface area contributed by atoms with Crippen LogP contribution in [-0.2, 0) is 11.2 Å². The standard InChI is InChI=1S/C16H26N2O3/c1-5-20-15-9-13(8-12(4)17)6-7-14(15)21-10-16(19)18-11(2)3/h6-7,9,11-12H,5,8,10,17H2,1-4H3,(H,18,19). The second kappa shape index (κ2) is 8.52. The molecule has 1 rings (SSSR count). The third-order valence-corrected chi connectivity index (χ3v) is 2.67. The Balaban J connectivity index is 2.74. The summed E-state index contributed by atoms with van der Waals surface area (Å²) in [5, 5.41) is 2.78. The molecule has 0 radical (unpaired) electrons. The second-order valence-electron chi connectivity index (χ2n) is 5.41. The van der Waals surface area contributed by atoms with E-state index in [4.69, 9.17) is 15.2 Å². The number of nitrogens with one attached hydrogen (secondary N) is 1. The normalized spacial score (nSPS) is 12.1. The van der Waals surface area contributed by atoms with Gasteiger partial charge in [0.2, 0.25) is 0 Å². The molecule has 0 saturated heterocycles. The molecule has 1 aromatic rings. The molecule has 0 saturated carbocycles. The van der Waals surface area contributed by atoms with E-state index in [0.29, 0.717) is 18.1 Å². The average molecular weight is 294 g/mol. The van der Waals surface area contributed by atoms with Crippen LogP contribution in [0.15, 0.2) is 18.2 Å². The molecule has 0 aliphatic rings. The minimum Gasteiger partial charge on any atom is -0.490 e. The lowest BCUT2D eigenvalue weighted by Crippen LogP contribution is -2.34. The first-order valence-corrected chi connectivity index (χ1v) is 7.35. The van der Waals surface area contributed by atoms with Gasteiger partial charge in [-0.05, 0) is 51.8 Å². The lowest BCUT2D eigenvalue weighted by atomic mass is 10.1. The molecule has 5 heteroatoms. The fourth-order valence-electron chi connectivity index (χ4n) is 1.95. The molecule has 1 amide bonds. The van der Waals surface area contributed by atoms with Crippen molar-refractivity contribution < 1.29 is 14.3 Å². The molecule has 5 nitrogen and oxygen atoms in total. The van der Waals surface area contributed by atoms with Crippen LogP contribution in [-0.4, -0.2) is 31.2 Å². The van der Waals surface area contributed by atoms with Gasteiger partial charge in [-0.1, -0.05) is 6.07 Å². The molecular weight excluding hydrogens is 268 g/mol. The van der Waals surface area contributed by atoms with E-state index in [1.165, 1.54) is 0 Å². The Morgan fingerprint density at radius 3 is 2.52 bits per heavy atom.